The summed E-state index contributed by atoms with van der Waals surface area (Å²) in [5.41, 5.74) is 0.747. The van der Waals surface area contributed by atoms with Gasteiger partial charge < -0.3 is 5.32 Å². The zero-order chi connectivity index (χ0) is 14.8. The monoisotopic (exact) mass is 314 g/mol. The lowest BCUT2D eigenvalue weighted by atomic mass is 10.2. The third kappa shape index (κ3) is 3.36. The molecule has 4 nitrogen and oxygen atoms in total. The lowest BCUT2D eigenvalue weighted by Crippen LogP contribution is -2.12. The minimum absolute atomic E-state index is 0.217. The Kier molecular flexibility index (Phi) is 4.42. The van der Waals surface area contributed by atoms with Gasteiger partial charge in [0.25, 0.3) is 10.0 Å². The molecule has 0 spiro atoms. The number of rotatable bonds is 5. The molecular weight excluding hydrogens is 299 g/mol. The molecule has 0 atom stereocenters. The number of sulfonamides is 1. The molecule has 0 fully saturated rings. The summed E-state index contributed by atoms with van der Waals surface area (Å²) in [6.07, 6.45) is 0. The summed E-state index contributed by atoms with van der Waals surface area (Å²) in [5.74, 6) is -0.361. The van der Waals surface area contributed by atoms with E-state index in [4.69, 9.17) is 0 Å². The maximum absolute atomic E-state index is 13.2. The lowest BCUT2D eigenvalue weighted by Gasteiger charge is -2.07. The lowest BCUT2D eigenvalue weighted by molar-refractivity contribution is 0.601. The predicted octanol–water partition coefficient (Wildman–Crippen LogP) is 2.72. The fourth-order valence-corrected chi connectivity index (χ4v) is 4.03. The van der Waals surface area contributed by atoms with Gasteiger partial charge in [-0.15, -0.1) is 11.3 Å². The summed E-state index contributed by atoms with van der Waals surface area (Å²) in [6.45, 7) is 2.21. The Morgan fingerprint density at radius 1 is 1.30 bits per heavy atom. The third-order valence-electron chi connectivity index (χ3n) is 2.70. The van der Waals surface area contributed by atoms with Gasteiger partial charge in [0.1, 0.15) is 5.82 Å². The van der Waals surface area contributed by atoms with E-state index in [1.165, 1.54) is 29.5 Å². The van der Waals surface area contributed by atoms with Crippen molar-refractivity contribution < 1.29 is 12.8 Å². The molecule has 0 aliphatic rings. The normalized spacial score (nSPS) is 11.6. The minimum atomic E-state index is -3.63. The number of aryl methyl sites for hydroxylation is 1. The van der Waals surface area contributed by atoms with Crippen molar-refractivity contribution in [1.29, 1.82) is 0 Å². The second-order valence-electron chi connectivity index (χ2n) is 4.35. The van der Waals surface area contributed by atoms with E-state index in [1.54, 1.807) is 25.4 Å². The van der Waals surface area contributed by atoms with Gasteiger partial charge in [-0.25, -0.2) is 12.8 Å². The summed E-state index contributed by atoms with van der Waals surface area (Å²) < 4.78 is 40.0. The molecule has 0 unspecified atom stereocenters. The van der Waals surface area contributed by atoms with Gasteiger partial charge in [-0.1, -0.05) is 0 Å². The summed E-state index contributed by atoms with van der Waals surface area (Å²) >= 11 is 1.38. The van der Waals surface area contributed by atoms with E-state index >= 15 is 0 Å². The number of anilines is 1. The molecule has 0 amide bonds. The topological polar surface area (TPSA) is 58.2 Å². The second kappa shape index (κ2) is 5.90. The molecule has 1 aromatic carbocycles. The van der Waals surface area contributed by atoms with E-state index < -0.39 is 10.0 Å². The van der Waals surface area contributed by atoms with Crippen molar-refractivity contribution in [3.63, 3.8) is 0 Å². The van der Waals surface area contributed by atoms with E-state index in [-0.39, 0.29) is 10.7 Å². The Morgan fingerprint density at radius 2 is 2.05 bits per heavy atom. The number of benzene rings is 1. The molecule has 2 rings (SSSR count). The molecule has 2 N–H and O–H groups in total. The number of hydrogen-bond donors (Lipinski definition) is 2. The first-order valence-corrected chi connectivity index (χ1v) is 8.29. The van der Waals surface area contributed by atoms with Crippen molar-refractivity contribution in [2.24, 2.45) is 0 Å². The van der Waals surface area contributed by atoms with E-state index in [0.29, 0.717) is 17.8 Å². The molecule has 1 heterocycles. The fraction of sp³-hybridized carbons (Fsp3) is 0.231. The highest BCUT2D eigenvalue weighted by atomic mass is 32.2. The Balaban J connectivity index is 2.23. The van der Waals surface area contributed by atoms with Gasteiger partial charge in [-0.2, -0.15) is 0 Å². The van der Waals surface area contributed by atoms with Gasteiger partial charge in [0.2, 0.25) is 0 Å². The van der Waals surface area contributed by atoms with Crippen LogP contribution in [0.2, 0.25) is 0 Å². The van der Waals surface area contributed by atoms with Crippen LogP contribution in [0.4, 0.5) is 10.1 Å². The van der Waals surface area contributed by atoms with E-state index in [1.807, 2.05) is 0 Å². The van der Waals surface area contributed by atoms with Crippen molar-refractivity contribution in [2.75, 3.05) is 11.8 Å². The third-order valence-corrected chi connectivity index (χ3v) is 5.15. The molecule has 0 aliphatic carbocycles. The van der Waals surface area contributed by atoms with Crippen LogP contribution in [-0.4, -0.2) is 15.5 Å². The zero-order valence-corrected chi connectivity index (χ0v) is 12.7. The number of thiophene rings is 1. The van der Waals surface area contributed by atoms with Crippen molar-refractivity contribution in [2.45, 2.75) is 18.4 Å². The van der Waals surface area contributed by atoms with Crippen molar-refractivity contribution in [3.8, 4) is 0 Å². The van der Waals surface area contributed by atoms with Crippen molar-refractivity contribution in [3.05, 3.63) is 45.9 Å². The highest BCUT2D eigenvalue weighted by Crippen LogP contribution is 2.23. The van der Waals surface area contributed by atoms with Gasteiger partial charge >= 0.3 is 0 Å². The molecule has 2 aromatic rings. The van der Waals surface area contributed by atoms with Crippen molar-refractivity contribution in [1.82, 2.24) is 5.32 Å². The van der Waals surface area contributed by atoms with Gasteiger partial charge in [-0.05, 0) is 43.8 Å². The Bertz CT molecular complexity index is 711. The summed E-state index contributed by atoms with van der Waals surface area (Å²) in [6, 6.07) is 5.74. The first kappa shape index (κ1) is 15.0. The number of halogens is 1. The summed E-state index contributed by atoms with van der Waals surface area (Å²) in [4.78, 5) is 1.15. The first-order valence-electron chi connectivity index (χ1n) is 5.93. The van der Waals surface area contributed by atoms with E-state index in [9.17, 15) is 12.8 Å². The molecule has 1 aromatic heterocycles. The number of nitrogens with one attached hydrogen (secondary N) is 2. The average Bonchev–Trinajstić information content (AvgIpc) is 2.83. The largest absolute Gasteiger partial charge is 0.315 e. The predicted molar refractivity (Wildman–Crippen MR) is 79.0 cm³/mol. The Hall–Kier alpha value is -1.44. The van der Waals surface area contributed by atoms with Gasteiger partial charge in [0.05, 0.1) is 4.90 Å². The maximum atomic E-state index is 13.2. The van der Waals surface area contributed by atoms with Crippen LogP contribution in [0.1, 0.15) is 10.4 Å². The van der Waals surface area contributed by atoms with E-state index in [2.05, 4.69) is 10.0 Å². The van der Waals surface area contributed by atoms with Crippen LogP contribution in [0, 0.1) is 12.7 Å². The maximum Gasteiger partial charge on any atom is 0.262 e. The molecule has 0 saturated carbocycles. The van der Waals surface area contributed by atoms with Gasteiger partial charge in [0.15, 0.2) is 0 Å². The van der Waals surface area contributed by atoms with Crippen LogP contribution in [0.3, 0.4) is 0 Å². The summed E-state index contributed by atoms with van der Waals surface area (Å²) in [5, 5.41) is 4.55. The fourth-order valence-electron chi connectivity index (χ4n) is 1.69. The molecule has 0 bridgehead atoms. The molecule has 108 valence electrons. The van der Waals surface area contributed by atoms with Gasteiger partial charge in [-0.3, -0.25) is 4.72 Å². The van der Waals surface area contributed by atoms with Crippen molar-refractivity contribution >= 4 is 27.0 Å². The van der Waals surface area contributed by atoms with Crippen LogP contribution in [0.15, 0.2) is 34.5 Å². The highest BCUT2D eigenvalue weighted by molar-refractivity contribution is 7.92. The van der Waals surface area contributed by atoms with Crippen LogP contribution in [-0.2, 0) is 16.6 Å². The second-order valence-corrected chi connectivity index (χ2v) is 7.03. The van der Waals surface area contributed by atoms with Crippen LogP contribution in [0.25, 0.3) is 0 Å². The van der Waals surface area contributed by atoms with Gasteiger partial charge in [0, 0.05) is 22.5 Å². The first-order chi connectivity index (χ1) is 9.42. The Morgan fingerprint density at radius 3 is 2.70 bits per heavy atom. The SMILES string of the molecule is CNCc1cc(S(=O)(=O)Nc2ccc(F)c(C)c2)cs1. The summed E-state index contributed by atoms with van der Waals surface area (Å²) in [7, 11) is -1.83. The quantitative estimate of drug-likeness (QED) is 0.892. The van der Waals surface area contributed by atoms with Crippen LogP contribution >= 0.6 is 11.3 Å². The minimum Gasteiger partial charge on any atom is -0.315 e. The molecular formula is C13H15FN2O2S2. The number of hydrogen-bond acceptors (Lipinski definition) is 4. The molecule has 20 heavy (non-hydrogen) atoms. The standard InChI is InChI=1S/C13H15FN2O2S2/c1-9-5-10(3-4-13(9)14)16-20(17,18)12-6-11(7-15-2)19-8-12/h3-6,8,15-16H,7H2,1-2H3. The smallest absolute Gasteiger partial charge is 0.262 e. The average molecular weight is 314 g/mol. The van der Waals surface area contributed by atoms with Crippen LogP contribution in [0.5, 0.6) is 0 Å². The van der Waals surface area contributed by atoms with Crippen LogP contribution < -0.4 is 10.0 Å². The molecule has 7 heteroatoms. The Labute approximate surface area is 121 Å². The molecule has 0 aliphatic heterocycles. The highest BCUT2D eigenvalue weighted by Gasteiger charge is 2.16. The molecule has 0 saturated heterocycles. The zero-order valence-electron chi connectivity index (χ0n) is 11.1. The van der Waals surface area contributed by atoms with E-state index in [0.717, 1.165) is 4.88 Å². The molecule has 0 radical (unpaired) electrons.